The first-order chi connectivity index (χ1) is 9.93. The lowest BCUT2D eigenvalue weighted by atomic mass is 10.3. The van der Waals surface area contributed by atoms with E-state index < -0.39 is 0 Å². The van der Waals surface area contributed by atoms with Crippen LogP contribution in [0.3, 0.4) is 0 Å². The van der Waals surface area contributed by atoms with Crippen molar-refractivity contribution in [2.24, 2.45) is 0 Å². The highest BCUT2D eigenvalue weighted by atomic mass is 15.2. The van der Waals surface area contributed by atoms with Crippen molar-refractivity contribution in [2.45, 2.75) is 6.42 Å². The van der Waals surface area contributed by atoms with Crippen molar-refractivity contribution in [1.29, 1.82) is 0 Å². The molecule has 0 atom stereocenters. The predicted molar refractivity (Wildman–Crippen MR) is 80.0 cm³/mol. The van der Waals surface area contributed by atoms with Gasteiger partial charge in [-0.25, -0.2) is 4.98 Å². The second kappa shape index (κ2) is 6.02. The number of hydrogen-bond donors (Lipinski definition) is 1. The lowest BCUT2D eigenvalue weighted by Crippen LogP contribution is -2.10. The molecule has 1 aromatic carbocycles. The van der Waals surface area contributed by atoms with Crippen LogP contribution in [-0.4, -0.2) is 21.1 Å². The molecule has 0 aliphatic rings. The normalized spacial score (nSPS) is 10.4. The highest BCUT2D eigenvalue weighted by Gasteiger charge is 2.03. The fourth-order valence-electron chi connectivity index (χ4n) is 2.08. The monoisotopic (exact) mass is 264 g/mol. The molecular formula is C16H16N4. The van der Waals surface area contributed by atoms with Gasteiger partial charge in [-0.1, -0.05) is 24.3 Å². The van der Waals surface area contributed by atoms with E-state index in [0.717, 1.165) is 30.3 Å². The Morgan fingerprint density at radius 2 is 1.75 bits per heavy atom. The van der Waals surface area contributed by atoms with Crippen molar-refractivity contribution < 1.29 is 0 Å². The SMILES string of the molecule is c1ccc(-n2ccnc2NCCc2ccccn2)cc1. The molecule has 1 N–H and O–H groups in total. The largest absolute Gasteiger partial charge is 0.355 e. The van der Waals surface area contributed by atoms with Gasteiger partial charge < -0.3 is 5.32 Å². The molecule has 2 heterocycles. The molecule has 0 saturated carbocycles. The molecule has 3 aromatic rings. The molecule has 4 nitrogen and oxygen atoms in total. The quantitative estimate of drug-likeness (QED) is 0.770. The van der Waals surface area contributed by atoms with Gasteiger partial charge in [0.2, 0.25) is 5.95 Å². The zero-order chi connectivity index (χ0) is 13.6. The number of rotatable bonds is 5. The molecule has 0 bridgehead atoms. The maximum atomic E-state index is 4.36. The van der Waals surface area contributed by atoms with Crippen LogP contribution >= 0.6 is 0 Å². The second-order valence-corrected chi connectivity index (χ2v) is 4.45. The molecule has 4 heteroatoms. The van der Waals surface area contributed by atoms with Gasteiger partial charge in [0, 0.05) is 42.9 Å². The summed E-state index contributed by atoms with van der Waals surface area (Å²) in [6.07, 6.45) is 6.46. The Balaban J connectivity index is 1.66. The number of aromatic nitrogens is 3. The van der Waals surface area contributed by atoms with Gasteiger partial charge in [-0.05, 0) is 24.3 Å². The Hall–Kier alpha value is -2.62. The number of benzene rings is 1. The summed E-state index contributed by atoms with van der Waals surface area (Å²) in [5.41, 5.74) is 2.18. The van der Waals surface area contributed by atoms with Gasteiger partial charge in [-0.3, -0.25) is 9.55 Å². The van der Waals surface area contributed by atoms with Crippen molar-refractivity contribution in [3.63, 3.8) is 0 Å². The smallest absolute Gasteiger partial charge is 0.207 e. The van der Waals surface area contributed by atoms with Gasteiger partial charge in [0.1, 0.15) is 0 Å². The highest BCUT2D eigenvalue weighted by molar-refractivity contribution is 5.41. The molecule has 0 unspecified atom stereocenters. The van der Waals surface area contributed by atoms with Crippen LogP contribution in [0.5, 0.6) is 0 Å². The predicted octanol–water partition coefficient (Wildman–Crippen LogP) is 2.92. The number of anilines is 1. The van der Waals surface area contributed by atoms with Gasteiger partial charge in [-0.15, -0.1) is 0 Å². The molecule has 0 aliphatic carbocycles. The van der Waals surface area contributed by atoms with Crippen LogP contribution in [0.4, 0.5) is 5.95 Å². The number of nitrogens with one attached hydrogen (secondary N) is 1. The highest BCUT2D eigenvalue weighted by Crippen LogP contribution is 2.13. The van der Waals surface area contributed by atoms with Crippen LogP contribution in [0.1, 0.15) is 5.69 Å². The second-order valence-electron chi connectivity index (χ2n) is 4.45. The van der Waals surface area contributed by atoms with E-state index in [0.29, 0.717) is 0 Å². The Kier molecular flexibility index (Phi) is 3.73. The minimum Gasteiger partial charge on any atom is -0.355 e. The first-order valence-electron chi connectivity index (χ1n) is 6.66. The topological polar surface area (TPSA) is 42.7 Å². The summed E-state index contributed by atoms with van der Waals surface area (Å²) >= 11 is 0. The third-order valence-corrected chi connectivity index (χ3v) is 3.07. The third-order valence-electron chi connectivity index (χ3n) is 3.07. The first-order valence-corrected chi connectivity index (χ1v) is 6.66. The van der Waals surface area contributed by atoms with E-state index in [4.69, 9.17) is 0 Å². The Bertz CT molecular complexity index is 647. The van der Waals surface area contributed by atoms with Gasteiger partial charge in [-0.2, -0.15) is 0 Å². The number of nitrogens with zero attached hydrogens (tertiary/aromatic N) is 3. The summed E-state index contributed by atoms with van der Waals surface area (Å²) in [4.78, 5) is 8.67. The minimum absolute atomic E-state index is 0.806. The molecule has 2 aromatic heterocycles. The minimum atomic E-state index is 0.806. The van der Waals surface area contributed by atoms with E-state index in [9.17, 15) is 0 Å². The molecule has 100 valence electrons. The lowest BCUT2D eigenvalue weighted by molar-refractivity contribution is 0.929. The van der Waals surface area contributed by atoms with Gasteiger partial charge in [0.05, 0.1) is 0 Å². The van der Waals surface area contributed by atoms with Gasteiger partial charge in [0.15, 0.2) is 0 Å². The Labute approximate surface area is 118 Å². The van der Waals surface area contributed by atoms with Crippen LogP contribution in [0.25, 0.3) is 5.69 Å². The average Bonchev–Trinajstić information content (AvgIpc) is 2.98. The zero-order valence-corrected chi connectivity index (χ0v) is 11.1. The number of pyridine rings is 1. The molecule has 0 radical (unpaired) electrons. The number of para-hydroxylation sites is 1. The fourth-order valence-corrected chi connectivity index (χ4v) is 2.08. The van der Waals surface area contributed by atoms with Crippen molar-refractivity contribution in [2.75, 3.05) is 11.9 Å². The van der Waals surface area contributed by atoms with E-state index in [1.807, 2.05) is 53.4 Å². The number of imidazole rings is 1. The van der Waals surface area contributed by atoms with E-state index in [1.165, 1.54) is 0 Å². The maximum Gasteiger partial charge on any atom is 0.207 e. The van der Waals surface area contributed by atoms with Crippen LogP contribution in [-0.2, 0) is 6.42 Å². The summed E-state index contributed by atoms with van der Waals surface area (Å²) in [6, 6.07) is 16.1. The van der Waals surface area contributed by atoms with Crippen LogP contribution in [0.2, 0.25) is 0 Å². The molecule has 0 fully saturated rings. The molecule has 0 aliphatic heterocycles. The summed E-state index contributed by atoms with van der Waals surface area (Å²) in [5.74, 6) is 0.854. The van der Waals surface area contributed by atoms with Gasteiger partial charge >= 0.3 is 0 Å². The van der Waals surface area contributed by atoms with Crippen molar-refractivity contribution in [3.8, 4) is 5.69 Å². The summed E-state index contributed by atoms with van der Waals surface area (Å²) < 4.78 is 2.04. The number of hydrogen-bond acceptors (Lipinski definition) is 3. The summed E-state index contributed by atoms with van der Waals surface area (Å²) in [5, 5.41) is 3.35. The fraction of sp³-hybridized carbons (Fsp3) is 0.125. The average molecular weight is 264 g/mol. The molecule has 0 amide bonds. The van der Waals surface area contributed by atoms with E-state index in [1.54, 1.807) is 6.20 Å². The summed E-state index contributed by atoms with van der Waals surface area (Å²) in [6.45, 7) is 0.806. The van der Waals surface area contributed by atoms with E-state index >= 15 is 0 Å². The zero-order valence-electron chi connectivity index (χ0n) is 11.1. The van der Waals surface area contributed by atoms with E-state index in [2.05, 4.69) is 27.4 Å². The third kappa shape index (κ3) is 2.85. The van der Waals surface area contributed by atoms with Crippen molar-refractivity contribution in [3.05, 3.63) is 72.8 Å². The van der Waals surface area contributed by atoms with Crippen molar-refractivity contribution >= 4 is 5.95 Å². The Morgan fingerprint density at radius 3 is 2.55 bits per heavy atom. The van der Waals surface area contributed by atoms with Crippen LogP contribution in [0, 0.1) is 0 Å². The van der Waals surface area contributed by atoms with Crippen LogP contribution in [0.15, 0.2) is 67.1 Å². The van der Waals surface area contributed by atoms with Crippen LogP contribution < -0.4 is 5.32 Å². The molecule has 3 rings (SSSR count). The molecule has 20 heavy (non-hydrogen) atoms. The summed E-state index contributed by atoms with van der Waals surface area (Å²) in [7, 11) is 0. The Morgan fingerprint density at radius 1 is 0.900 bits per heavy atom. The standard InChI is InChI=1S/C16H16N4/c1-2-7-15(8-3-1)20-13-12-19-16(20)18-11-9-14-6-4-5-10-17-14/h1-8,10,12-13H,9,11H2,(H,18,19). The van der Waals surface area contributed by atoms with Crippen molar-refractivity contribution in [1.82, 2.24) is 14.5 Å². The molecular weight excluding hydrogens is 248 g/mol. The molecule has 0 saturated heterocycles. The first kappa shape index (κ1) is 12.4. The molecule has 0 spiro atoms. The van der Waals surface area contributed by atoms with E-state index in [-0.39, 0.29) is 0 Å². The maximum absolute atomic E-state index is 4.36. The van der Waals surface area contributed by atoms with Gasteiger partial charge in [0.25, 0.3) is 0 Å². The lowest BCUT2D eigenvalue weighted by Gasteiger charge is -2.09.